The van der Waals surface area contributed by atoms with E-state index in [0.29, 0.717) is 11.7 Å². The fraction of sp³-hybridized carbons (Fsp3) is 0.667. The Morgan fingerprint density at radius 2 is 2.17 bits per heavy atom. The largest absolute Gasteiger partial charge is 0.376 e. The molecule has 1 saturated heterocycles. The number of aromatic nitrogens is 2. The number of nitrogens with zero attached hydrogens (tertiary/aromatic N) is 2. The molecular formula is C21H31N3O3S2. The lowest BCUT2D eigenvalue weighted by Gasteiger charge is -2.24. The van der Waals surface area contributed by atoms with E-state index in [-0.39, 0.29) is 28.9 Å². The Bertz CT molecular complexity index is 943. The third-order valence-electron chi connectivity index (χ3n) is 5.54. The predicted octanol–water partition coefficient (Wildman–Crippen LogP) is 3.90. The van der Waals surface area contributed by atoms with Crippen LogP contribution in [0.25, 0.3) is 10.2 Å². The van der Waals surface area contributed by atoms with E-state index in [1.807, 2.05) is 27.7 Å². The summed E-state index contributed by atoms with van der Waals surface area (Å²) in [5.74, 6) is 0.189. The molecule has 0 aromatic carbocycles. The van der Waals surface area contributed by atoms with Gasteiger partial charge in [-0.05, 0) is 52.0 Å². The van der Waals surface area contributed by atoms with E-state index in [9.17, 15) is 9.59 Å². The first kappa shape index (κ1) is 22.3. The molecule has 1 aliphatic heterocycles. The van der Waals surface area contributed by atoms with Crippen LogP contribution in [0.3, 0.4) is 0 Å². The Morgan fingerprint density at radius 1 is 1.41 bits per heavy atom. The van der Waals surface area contributed by atoms with Gasteiger partial charge in [0.05, 0.1) is 23.8 Å². The first-order valence-electron chi connectivity index (χ1n) is 10.3. The predicted molar refractivity (Wildman–Crippen MR) is 120 cm³/mol. The minimum atomic E-state index is -0.243. The number of ether oxygens (including phenoxy) is 1. The number of amides is 1. The number of nitrogens with one attached hydrogen (secondary N) is 1. The lowest BCUT2D eigenvalue weighted by atomic mass is 10.0. The summed E-state index contributed by atoms with van der Waals surface area (Å²) >= 11 is 2.89. The number of thiophene rings is 1. The van der Waals surface area contributed by atoms with E-state index in [1.165, 1.54) is 11.8 Å². The fourth-order valence-electron chi connectivity index (χ4n) is 3.55. The molecule has 160 valence electrons. The third kappa shape index (κ3) is 5.03. The van der Waals surface area contributed by atoms with Crippen molar-refractivity contribution < 1.29 is 9.53 Å². The lowest BCUT2D eigenvalue weighted by molar-refractivity contribution is -0.120. The summed E-state index contributed by atoms with van der Waals surface area (Å²) in [6.45, 7) is 11.4. The van der Waals surface area contributed by atoms with Crippen molar-refractivity contribution in [1.29, 1.82) is 0 Å². The van der Waals surface area contributed by atoms with E-state index >= 15 is 0 Å². The second kappa shape index (κ2) is 9.18. The molecule has 0 radical (unpaired) electrons. The summed E-state index contributed by atoms with van der Waals surface area (Å²) in [5.41, 5.74) is 0.832. The molecule has 3 rings (SSSR count). The first-order valence-corrected chi connectivity index (χ1v) is 12.1. The van der Waals surface area contributed by atoms with Crippen LogP contribution in [0.1, 0.15) is 57.4 Å². The minimum absolute atomic E-state index is 0.0107. The van der Waals surface area contributed by atoms with Gasteiger partial charge in [-0.1, -0.05) is 25.6 Å². The number of hydrogen-bond donors (Lipinski definition) is 1. The number of carbonyl (C=O) groups is 1. The van der Waals surface area contributed by atoms with Gasteiger partial charge >= 0.3 is 0 Å². The number of rotatable bonds is 8. The highest BCUT2D eigenvalue weighted by atomic mass is 32.2. The molecule has 0 aliphatic carbocycles. The number of fused-ring (bicyclic) bond motifs is 1. The summed E-state index contributed by atoms with van der Waals surface area (Å²) in [5, 5.41) is 4.38. The Balaban J connectivity index is 1.93. The molecular weight excluding hydrogens is 406 g/mol. The summed E-state index contributed by atoms with van der Waals surface area (Å²) in [6.07, 6.45) is 3.66. The SMILES string of the molecule is CCc1c(C)sc2nc(SCC(=O)NC(C)(C)CC)n(C[C@H]3CCCO3)c(=O)c12. The van der Waals surface area contributed by atoms with Gasteiger partial charge in [-0.15, -0.1) is 11.3 Å². The maximum atomic E-state index is 13.4. The Morgan fingerprint density at radius 3 is 2.79 bits per heavy atom. The van der Waals surface area contributed by atoms with E-state index < -0.39 is 0 Å². The quantitative estimate of drug-likeness (QED) is 0.501. The highest BCUT2D eigenvalue weighted by molar-refractivity contribution is 7.99. The van der Waals surface area contributed by atoms with Gasteiger partial charge in [0.1, 0.15) is 4.83 Å². The highest BCUT2D eigenvalue weighted by Crippen LogP contribution is 2.30. The van der Waals surface area contributed by atoms with Gasteiger partial charge in [-0.3, -0.25) is 14.2 Å². The van der Waals surface area contributed by atoms with Crippen molar-refractivity contribution in [2.45, 2.75) is 83.6 Å². The lowest BCUT2D eigenvalue weighted by Crippen LogP contribution is -2.43. The zero-order valence-electron chi connectivity index (χ0n) is 18.0. The van der Waals surface area contributed by atoms with Crippen LogP contribution in [0.2, 0.25) is 0 Å². The molecule has 2 aromatic rings. The molecule has 0 bridgehead atoms. The molecule has 8 heteroatoms. The van der Waals surface area contributed by atoms with Crippen LogP contribution in [0.5, 0.6) is 0 Å². The van der Waals surface area contributed by atoms with Crippen LogP contribution in [-0.4, -0.2) is 39.5 Å². The second-order valence-corrected chi connectivity index (χ2v) is 10.3. The van der Waals surface area contributed by atoms with Crippen LogP contribution in [-0.2, 0) is 22.5 Å². The van der Waals surface area contributed by atoms with Crippen molar-refractivity contribution in [1.82, 2.24) is 14.9 Å². The number of carbonyl (C=O) groups excluding carboxylic acids is 1. The van der Waals surface area contributed by atoms with Crippen LogP contribution in [0.15, 0.2) is 9.95 Å². The van der Waals surface area contributed by atoms with Gasteiger partial charge in [-0.25, -0.2) is 4.98 Å². The van der Waals surface area contributed by atoms with E-state index in [0.717, 1.165) is 52.9 Å². The standard InChI is InChI=1S/C21H31N3O3S2/c1-6-15-13(3)29-18-17(15)19(26)24(11-14-9-8-10-27-14)20(22-18)28-12-16(25)23-21(4,5)7-2/h14H,6-12H2,1-5H3,(H,23,25)/t14-/m1/s1. The molecule has 0 spiro atoms. The van der Waals surface area contributed by atoms with Gasteiger partial charge in [0.25, 0.3) is 5.56 Å². The summed E-state index contributed by atoms with van der Waals surface area (Å²) in [4.78, 5) is 32.6. The molecule has 2 aromatic heterocycles. The maximum Gasteiger partial charge on any atom is 0.263 e. The number of hydrogen-bond acceptors (Lipinski definition) is 6. The molecule has 0 unspecified atom stereocenters. The molecule has 1 N–H and O–H groups in total. The second-order valence-electron chi connectivity index (χ2n) is 8.19. The van der Waals surface area contributed by atoms with E-state index in [4.69, 9.17) is 9.72 Å². The van der Waals surface area contributed by atoms with E-state index in [1.54, 1.807) is 15.9 Å². The Kier molecular flexibility index (Phi) is 7.06. The number of thioether (sulfide) groups is 1. The van der Waals surface area contributed by atoms with Crippen molar-refractivity contribution in [2.24, 2.45) is 0 Å². The first-order chi connectivity index (χ1) is 13.8. The molecule has 3 heterocycles. The molecule has 29 heavy (non-hydrogen) atoms. The Hall–Kier alpha value is -1.38. The fourth-order valence-corrected chi connectivity index (χ4v) is 5.52. The average Bonchev–Trinajstić information content (AvgIpc) is 3.29. The zero-order chi connectivity index (χ0) is 21.2. The molecule has 6 nitrogen and oxygen atoms in total. The molecule has 1 aliphatic rings. The van der Waals surface area contributed by atoms with Gasteiger partial charge in [-0.2, -0.15) is 0 Å². The van der Waals surface area contributed by atoms with Gasteiger partial charge in [0.2, 0.25) is 5.91 Å². The van der Waals surface area contributed by atoms with Crippen LogP contribution < -0.4 is 10.9 Å². The smallest absolute Gasteiger partial charge is 0.263 e. The van der Waals surface area contributed by atoms with Crippen molar-refractivity contribution in [2.75, 3.05) is 12.4 Å². The number of aryl methyl sites for hydroxylation is 2. The van der Waals surface area contributed by atoms with Crippen molar-refractivity contribution in [3.05, 3.63) is 20.8 Å². The van der Waals surface area contributed by atoms with Gasteiger partial charge in [0.15, 0.2) is 5.16 Å². The topological polar surface area (TPSA) is 73.2 Å². The normalized spacial score (nSPS) is 17.2. The van der Waals surface area contributed by atoms with Crippen LogP contribution in [0, 0.1) is 6.92 Å². The van der Waals surface area contributed by atoms with Crippen molar-refractivity contribution >= 4 is 39.2 Å². The highest BCUT2D eigenvalue weighted by Gasteiger charge is 2.24. The van der Waals surface area contributed by atoms with Gasteiger partial charge in [0, 0.05) is 17.0 Å². The van der Waals surface area contributed by atoms with Crippen LogP contribution >= 0.6 is 23.1 Å². The molecule has 0 saturated carbocycles. The Labute approximate surface area is 180 Å². The minimum Gasteiger partial charge on any atom is -0.376 e. The van der Waals surface area contributed by atoms with Crippen molar-refractivity contribution in [3.8, 4) is 0 Å². The monoisotopic (exact) mass is 437 g/mol. The summed E-state index contributed by atoms with van der Waals surface area (Å²) < 4.78 is 7.50. The molecule has 1 fully saturated rings. The average molecular weight is 438 g/mol. The van der Waals surface area contributed by atoms with Crippen LogP contribution in [0.4, 0.5) is 0 Å². The van der Waals surface area contributed by atoms with Gasteiger partial charge < -0.3 is 10.1 Å². The van der Waals surface area contributed by atoms with Crippen molar-refractivity contribution in [3.63, 3.8) is 0 Å². The summed E-state index contributed by atoms with van der Waals surface area (Å²) in [7, 11) is 0. The summed E-state index contributed by atoms with van der Waals surface area (Å²) in [6, 6.07) is 0. The third-order valence-corrected chi connectivity index (χ3v) is 7.55. The molecule has 1 atom stereocenters. The molecule has 1 amide bonds. The van der Waals surface area contributed by atoms with E-state index in [2.05, 4.69) is 12.2 Å². The zero-order valence-corrected chi connectivity index (χ0v) is 19.6. The maximum absolute atomic E-state index is 13.4.